The van der Waals surface area contributed by atoms with Crippen LogP contribution in [-0.2, 0) is 6.54 Å². The third kappa shape index (κ3) is 4.72. The van der Waals surface area contributed by atoms with Crippen LogP contribution >= 0.6 is 23.2 Å². The van der Waals surface area contributed by atoms with Crippen molar-refractivity contribution < 1.29 is 4.79 Å². The van der Waals surface area contributed by atoms with Gasteiger partial charge in [-0.05, 0) is 31.3 Å². The van der Waals surface area contributed by atoms with Crippen molar-refractivity contribution >= 4 is 29.1 Å². The summed E-state index contributed by atoms with van der Waals surface area (Å²) in [5, 5.41) is 7.71. The molecular formula is C17H22Cl2N4O. The minimum Gasteiger partial charge on any atom is -0.332 e. The normalized spacial score (nSPS) is 11.0. The minimum atomic E-state index is -0.115. The fourth-order valence-electron chi connectivity index (χ4n) is 2.47. The first-order chi connectivity index (χ1) is 11.6. The number of nitrogens with one attached hydrogen (secondary N) is 1. The molecule has 0 atom stereocenters. The summed E-state index contributed by atoms with van der Waals surface area (Å²) in [6, 6.07) is 7.03. The van der Waals surface area contributed by atoms with Gasteiger partial charge < -0.3 is 9.80 Å². The number of likely N-dealkylation sites (N-methyl/N-ethyl adjacent to an activating group) is 1. The third-order valence-corrected chi connectivity index (χ3v) is 4.72. The Hall–Kier alpha value is -1.56. The number of rotatable bonds is 8. The van der Waals surface area contributed by atoms with Crippen molar-refractivity contribution in [3.05, 3.63) is 51.8 Å². The second-order valence-electron chi connectivity index (χ2n) is 5.42. The van der Waals surface area contributed by atoms with E-state index in [1.807, 2.05) is 0 Å². The molecule has 1 aromatic carbocycles. The number of nitrogens with zero attached hydrogens (tertiary/aromatic N) is 3. The van der Waals surface area contributed by atoms with Gasteiger partial charge in [0, 0.05) is 41.4 Å². The van der Waals surface area contributed by atoms with Crippen molar-refractivity contribution in [2.24, 2.45) is 0 Å². The number of carbonyl (C=O) groups excluding carboxylic acids is 1. The Morgan fingerprint density at radius 2 is 1.79 bits per heavy atom. The smallest absolute Gasteiger partial charge is 0.272 e. The van der Waals surface area contributed by atoms with E-state index < -0.39 is 0 Å². The van der Waals surface area contributed by atoms with Crippen LogP contribution in [0.25, 0.3) is 0 Å². The summed E-state index contributed by atoms with van der Waals surface area (Å²) in [7, 11) is 0. The highest BCUT2D eigenvalue weighted by atomic mass is 35.5. The van der Waals surface area contributed by atoms with Gasteiger partial charge in [-0.2, -0.15) is 5.10 Å². The molecule has 5 nitrogen and oxygen atoms in total. The van der Waals surface area contributed by atoms with Gasteiger partial charge in [0.05, 0.1) is 0 Å². The number of amides is 1. The first kappa shape index (κ1) is 18.8. The molecule has 2 aromatic rings. The van der Waals surface area contributed by atoms with Gasteiger partial charge in [-0.15, -0.1) is 0 Å². The SMILES string of the molecule is CCN(CC)CCN(Cc1c(Cl)cccc1Cl)C(=O)c1ccn[nH]1. The number of benzene rings is 1. The molecule has 0 aliphatic carbocycles. The van der Waals surface area contributed by atoms with E-state index in [-0.39, 0.29) is 5.91 Å². The van der Waals surface area contributed by atoms with Crippen LogP contribution in [0.1, 0.15) is 29.9 Å². The predicted molar refractivity (Wildman–Crippen MR) is 97.6 cm³/mol. The van der Waals surface area contributed by atoms with Crippen LogP contribution in [0.4, 0.5) is 0 Å². The highest BCUT2D eigenvalue weighted by Crippen LogP contribution is 2.26. The van der Waals surface area contributed by atoms with Gasteiger partial charge in [-0.25, -0.2) is 0 Å². The molecule has 1 amide bonds. The van der Waals surface area contributed by atoms with Crippen molar-refractivity contribution in [3.8, 4) is 0 Å². The summed E-state index contributed by atoms with van der Waals surface area (Å²) in [5.74, 6) is -0.115. The molecule has 0 aliphatic heterocycles. The molecule has 0 spiro atoms. The van der Waals surface area contributed by atoms with Crippen molar-refractivity contribution in [1.82, 2.24) is 20.0 Å². The third-order valence-electron chi connectivity index (χ3n) is 4.01. The van der Waals surface area contributed by atoms with Crippen LogP contribution in [0, 0.1) is 0 Å². The van der Waals surface area contributed by atoms with Crippen molar-refractivity contribution in [2.45, 2.75) is 20.4 Å². The Labute approximate surface area is 152 Å². The molecule has 0 saturated carbocycles. The Bertz CT molecular complexity index is 636. The lowest BCUT2D eigenvalue weighted by atomic mass is 10.2. The topological polar surface area (TPSA) is 52.2 Å². The van der Waals surface area contributed by atoms with Crippen LogP contribution < -0.4 is 0 Å². The standard InChI is InChI=1S/C17H22Cl2N4O/c1-3-22(4-2)10-11-23(17(24)16-8-9-20-21-16)12-13-14(18)6-5-7-15(13)19/h5-9H,3-4,10-12H2,1-2H3,(H,20,21). The number of H-pyrrole nitrogens is 1. The molecular weight excluding hydrogens is 347 g/mol. The fraction of sp³-hybridized carbons (Fsp3) is 0.412. The van der Waals surface area contributed by atoms with Gasteiger partial charge in [0.1, 0.15) is 5.69 Å². The van der Waals surface area contributed by atoms with Crippen LogP contribution in [0.5, 0.6) is 0 Å². The lowest BCUT2D eigenvalue weighted by Crippen LogP contribution is -2.38. The first-order valence-corrected chi connectivity index (χ1v) is 8.76. The molecule has 0 aliphatic rings. The Balaban J connectivity index is 2.20. The minimum absolute atomic E-state index is 0.115. The maximum absolute atomic E-state index is 12.8. The van der Waals surface area contributed by atoms with Crippen LogP contribution in [-0.4, -0.2) is 52.1 Å². The van der Waals surface area contributed by atoms with Gasteiger partial charge in [0.2, 0.25) is 0 Å². The summed E-state index contributed by atoms with van der Waals surface area (Å²) in [4.78, 5) is 16.8. The van der Waals surface area contributed by atoms with Gasteiger partial charge in [-0.3, -0.25) is 9.89 Å². The molecule has 1 aromatic heterocycles. The number of halogens is 2. The number of hydrogen-bond donors (Lipinski definition) is 1. The largest absolute Gasteiger partial charge is 0.332 e. The van der Waals surface area contributed by atoms with Crippen LogP contribution in [0.3, 0.4) is 0 Å². The van der Waals surface area contributed by atoms with Crippen LogP contribution in [0.15, 0.2) is 30.5 Å². The average molecular weight is 369 g/mol. The van der Waals surface area contributed by atoms with Gasteiger partial charge in [-0.1, -0.05) is 43.1 Å². The number of hydrogen-bond acceptors (Lipinski definition) is 3. The molecule has 0 saturated heterocycles. The van der Waals surface area contributed by atoms with Gasteiger partial charge in [0.25, 0.3) is 5.91 Å². The molecule has 130 valence electrons. The molecule has 1 heterocycles. The summed E-state index contributed by atoms with van der Waals surface area (Å²) >= 11 is 12.5. The van der Waals surface area contributed by atoms with E-state index >= 15 is 0 Å². The summed E-state index contributed by atoms with van der Waals surface area (Å²) < 4.78 is 0. The summed E-state index contributed by atoms with van der Waals surface area (Å²) in [6.45, 7) is 7.82. The van der Waals surface area contributed by atoms with E-state index in [1.165, 1.54) is 0 Å². The number of carbonyl (C=O) groups is 1. The second kappa shape index (κ2) is 9.06. The number of aromatic amines is 1. The van der Waals surface area contributed by atoms with E-state index in [1.54, 1.807) is 35.4 Å². The van der Waals surface area contributed by atoms with Crippen molar-refractivity contribution in [1.29, 1.82) is 0 Å². The fourth-order valence-corrected chi connectivity index (χ4v) is 2.99. The highest BCUT2D eigenvalue weighted by Gasteiger charge is 2.20. The zero-order valence-electron chi connectivity index (χ0n) is 13.9. The molecule has 2 rings (SSSR count). The van der Waals surface area contributed by atoms with E-state index in [2.05, 4.69) is 28.9 Å². The molecule has 7 heteroatoms. The Morgan fingerprint density at radius 1 is 1.12 bits per heavy atom. The van der Waals surface area contributed by atoms with E-state index in [0.29, 0.717) is 28.8 Å². The highest BCUT2D eigenvalue weighted by molar-refractivity contribution is 6.36. The summed E-state index contributed by atoms with van der Waals surface area (Å²) in [5.41, 5.74) is 1.21. The lowest BCUT2D eigenvalue weighted by molar-refractivity contribution is 0.0718. The van der Waals surface area contributed by atoms with Gasteiger partial charge in [0.15, 0.2) is 0 Å². The summed E-state index contributed by atoms with van der Waals surface area (Å²) in [6.07, 6.45) is 1.57. The maximum atomic E-state index is 12.8. The van der Waals surface area contributed by atoms with E-state index in [0.717, 1.165) is 25.2 Å². The zero-order valence-corrected chi connectivity index (χ0v) is 15.4. The molecule has 0 fully saturated rings. The second-order valence-corrected chi connectivity index (χ2v) is 6.24. The van der Waals surface area contributed by atoms with Gasteiger partial charge >= 0.3 is 0 Å². The molecule has 0 unspecified atom stereocenters. The van der Waals surface area contributed by atoms with Crippen molar-refractivity contribution in [2.75, 3.05) is 26.2 Å². The van der Waals surface area contributed by atoms with Crippen LogP contribution in [0.2, 0.25) is 10.0 Å². The van der Waals surface area contributed by atoms with E-state index in [4.69, 9.17) is 23.2 Å². The molecule has 0 radical (unpaired) electrons. The lowest BCUT2D eigenvalue weighted by Gasteiger charge is -2.27. The average Bonchev–Trinajstić information content (AvgIpc) is 3.11. The first-order valence-electron chi connectivity index (χ1n) is 8.00. The monoisotopic (exact) mass is 368 g/mol. The zero-order chi connectivity index (χ0) is 17.5. The maximum Gasteiger partial charge on any atom is 0.272 e. The quantitative estimate of drug-likeness (QED) is 0.772. The molecule has 0 bridgehead atoms. The molecule has 24 heavy (non-hydrogen) atoms. The van der Waals surface area contributed by atoms with Crippen molar-refractivity contribution in [3.63, 3.8) is 0 Å². The Kier molecular flexibility index (Phi) is 7.09. The predicted octanol–water partition coefficient (Wildman–Crippen LogP) is 3.70. The van der Waals surface area contributed by atoms with E-state index in [9.17, 15) is 4.79 Å². The number of aromatic nitrogens is 2. The Morgan fingerprint density at radius 3 is 2.33 bits per heavy atom. The molecule has 1 N–H and O–H groups in total.